The van der Waals surface area contributed by atoms with E-state index in [1.54, 1.807) is 11.3 Å². The van der Waals surface area contributed by atoms with Crippen molar-refractivity contribution in [1.29, 1.82) is 0 Å². The van der Waals surface area contributed by atoms with Gasteiger partial charge < -0.3 is 10.6 Å². The van der Waals surface area contributed by atoms with Crippen LogP contribution in [0, 0.1) is 8.30 Å². The van der Waals surface area contributed by atoms with Crippen molar-refractivity contribution in [3.63, 3.8) is 0 Å². The van der Waals surface area contributed by atoms with Crippen LogP contribution in [0.3, 0.4) is 0 Å². The first-order valence-electron chi connectivity index (χ1n) is 5.75. The number of nitrogens with zero attached hydrogens (tertiary/aromatic N) is 1. The van der Waals surface area contributed by atoms with Gasteiger partial charge in [-0.05, 0) is 41.5 Å². The summed E-state index contributed by atoms with van der Waals surface area (Å²) in [5, 5.41) is 1.92. The van der Waals surface area contributed by atoms with E-state index >= 15 is 0 Å². The molecule has 6 heteroatoms. The van der Waals surface area contributed by atoms with Crippen molar-refractivity contribution in [3.05, 3.63) is 19.9 Å². The van der Waals surface area contributed by atoms with E-state index in [1.807, 2.05) is 16.3 Å². The third-order valence-electron chi connectivity index (χ3n) is 3.56. The predicted octanol–water partition coefficient (Wildman–Crippen LogP) is 2.88. The van der Waals surface area contributed by atoms with E-state index in [9.17, 15) is 4.79 Å². The maximum Gasteiger partial charge on any atom is 0.254 e. The Morgan fingerprint density at radius 3 is 2.61 bits per heavy atom. The predicted molar refractivity (Wildman–Crippen MR) is 87.1 cm³/mol. The van der Waals surface area contributed by atoms with Gasteiger partial charge in [-0.15, -0.1) is 11.3 Å². The molecule has 0 spiro atoms. The van der Waals surface area contributed by atoms with Crippen molar-refractivity contribution in [2.75, 3.05) is 13.1 Å². The number of thiocarbonyl (C=S) groups is 1. The molecule has 1 aliphatic rings. The molecule has 0 aromatic carbocycles. The molecule has 1 saturated heterocycles. The van der Waals surface area contributed by atoms with E-state index in [4.69, 9.17) is 18.0 Å². The summed E-state index contributed by atoms with van der Waals surface area (Å²) in [6.07, 6.45) is 1.71. The van der Waals surface area contributed by atoms with Crippen LogP contribution in [0.4, 0.5) is 0 Å². The normalized spacial score (nSPS) is 18.7. The molecule has 0 saturated carbocycles. The summed E-state index contributed by atoms with van der Waals surface area (Å²) < 4.78 is 1.14. The molecule has 1 fully saturated rings. The summed E-state index contributed by atoms with van der Waals surface area (Å²) >= 11 is 8.94. The Labute approximate surface area is 130 Å². The highest BCUT2D eigenvalue weighted by Gasteiger charge is 2.34. The molecular weight excluding hydrogens is 379 g/mol. The zero-order chi connectivity index (χ0) is 13.3. The van der Waals surface area contributed by atoms with Crippen LogP contribution in [-0.4, -0.2) is 28.9 Å². The van der Waals surface area contributed by atoms with Gasteiger partial charge in [-0.25, -0.2) is 0 Å². The Hall–Kier alpha value is -0.210. The van der Waals surface area contributed by atoms with Gasteiger partial charge in [0.05, 0.1) is 13.4 Å². The summed E-state index contributed by atoms with van der Waals surface area (Å²) in [5.41, 5.74) is 6.47. The molecule has 2 heterocycles. The highest BCUT2D eigenvalue weighted by molar-refractivity contribution is 14.1. The van der Waals surface area contributed by atoms with Crippen molar-refractivity contribution < 1.29 is 4.79 Å². The number of carbonyl (C=O) groups is 1. The minimum absolute atomic E-state index is 0.0881. The van der Waals surface area contributed by atoms with Gasteiger partial charge in [0.1, 0.15) is 0 Å². The minimum Gasteiger partial charge on any atom is -0.393 e. The van der Waals surface area contributed by atoms with Gasteiger partial charge >= 0.3 is 0 Å². The average Bonchev–Trinajstić information content (AvgIpc) is 2.76. The second-order valence-corrected chi connectivity index (χ2v) is 8.10. The SMILES string of the molecule is CC1(C(N)=S)CCN(C(=O)c2csc(I)c2)CC1. The smallest absolute Gasteiger partial charge is 0.254 e. The Bertz CT molecular complexity index is 478. The van der Waals surface area contributed by atoms with E-state index < -0.39 is 0 Å². The first-order chi connectivity index (χ1) is 8.42. The molecule has 1 aliphatic heterocycles. The molecule has 1 aromatic rings. The first kappa shape index (κ1) is 14.2. The number of piperidine rings is 1. The van der Waals surface area contributed by atoms with Crippen LogP contribution in [0.5, 0.6) is 0 Å². The molecule has 1 amide bonds. The van der Waals surface area contributed by atoms with Gasteiger partial charge in [0, 0.05) is 23.9 Å². The molecule has 0 unspecified atom stereocenters. The lowest BCUT2D eigenvalue weighted by Crippen LogP contribution is -2.46. The molecule has 0 radical (unpaired) electrons. The zero-order valence-corrected chi connectivity index (χ0v) is 13.9. The number of hydrogen-bond donors (Lipinski definition) is 1. The summed E-state index contributed by atoms with van der Waals surface area (Å²) in [6.45, 7) is 3.56. The maximum atomic E-state index is 12.3. The molecule has 98 valence electrons. The lowest BCUT2D eigenvalue weighted by Gasteiger charge is -2.38. The number of thiophene rings is 1. The fourth-order valence-electron chi connectivity index (χ4n) is 2.05. The third kappa shape index (κ3) is 2.85. The largest absolute Gasteiger partial charge is 0.393 e. The summed E-state index contributed by atoms with van der Waals surface area (Å²) in [4.78, 5) is 14.7. The highest BCUT2D eigenvalue weighted by atomic mass is 127. The fourth-order valence-corrected chi connectivity index (χ4v) is 3.58. The Morgan fingerprint density at radius 2 is 2.17 bits per heavy atom. The summed E-state index contributed by atoms with van der Waals surface area (Å²) in [7, 11) is 0. The highest BCUT2D eigenvalue weighted by Crippen LogP contribution is 2.32. The van der Waals surface area contributed by atoms with Gasteiger partial charge in [0.2, 0.25) is 0 Å². The van der Waals surface area contributed by atoms with E-state index in [2.05, 4.69) is 29.5 Å². The van der Waals surface area contributed by atoms with Crippen molar-refractivity contribution in [3.8, 4) is 0 Å². The van der Waals surface area contributed by atoms with Gasteiger partial charge in [-0.2, -0.15) is 0 Å². The molecule has 0 bridgehead atoms. The van der Waals surface area contributed by atoms with Gasteiger partial charge in [0.25, 0.3) is 5.91 Å². The van der Waals surface area contributed by atoms with Crippen molar-refractivity contribution in [2.24, 2.45) is 11.1 Å². The minimum atomic E-state index is -0.0881. The molecule has 2 rings (SSSR count). The second-order valence-electron chi connectivity index (χ2n) is 4.86. The Morgan fingerprint density at radius 1 is 1.56 bits per heavy atom. The molecule has 0 atom stereocenters. The van der Waals surface area contributed by atoms with Crippen LogP contribution in [0.15, 0.2) is 11.4 Å². The Kier molecular flexibility index (Phi) is 4.28. The lowest BCUT2D eigenvalue weighted by molar-refractivity contribution is 0.0671. The molecule has 0 aliphatic carbocycles. The maximum absolute atomic E-state index is 12.3. The van der Waals surface area contributed by atoms with E-state index in [1.165, 1.54) is 0 Å². The molecule has 3 nitrogen and oxygen atoms in total. The fraction of sp³-hybridized carbons (Fsp3) is 0.500. The van der Waals surface area contributed by atoms with E-state index in [-0.39, 0.29) is 11.3 Å². The summed E-state index contributed by atoms with van der Waals surface area (Å²) in [6, 6.07) is 1.94. The van der Waals surface area contributed by atoms with Gasteiger partial charge in [-0.3, -0.25) is 4.79 Å². The van der Waals surface area contributed by atoms with Crippen LogP contribution in [0.25, 0.3) is 0 Å². The van der Waals surface area contributed by atoms with E-state index in [0.29, 0.717) is 4.99 Å². The van der Waals surface area contributed by atoms with Gasteiger partial charge in [-0.1, -0.05) is 19.1 Å². The van der Waals surface area contributed by atoms with Crippen LogP contribution >= 0.6 is 46.1 Å². The number of halogens is 1. The standard InChI is InChI=1S/C12H15IN2OS2/c1-12(11(14)17)2-4-15(5-3-12)10(16)8-6-9(13)18-7-8/h6-7H,2-5H2,1H3,(H2,14,17). The van der Waals surface area contributed by atoms with Crippen molar-refractivity contribution in [1.82, 2.24) is 4.90 Å². The molecule has 1 aromatic heterocycles. The number of nitrogens with two attached hydrogens (primary N) is 1. The quantitative estimate of drug-likeness (QED) is 0.620. The van der Waals surface area contributed by atoms with E-state index in [0.717, 1.165) is 34.4 Å². The molecule has 18 heavy (non-hydrogen) atoms. The van der Waals surface area contributed by atoms with Gasteiger partial charge in [0.15, 0.2) is 0 Å². The number of hydrogen-bond acceptors (Lipinski definition) is 3. The van der Waals surface area contributed by atoms with Crippen molar-refractivity contribution in [2.45, 2.75) is 19.8 Å². The average molecular weight is 394 g/mol. The van der Waals surface area contributed by atoms with Crippen LogP contribution in [0.2, 0.25) is 0 Å². The van der Waals surface area contributed by atoms with Crippen LogP contribution < -0.4 is 5.73 Å². The number of carbonyl (C=O) groups excluding carboxylic acids is 1. The topological polar surface area (TPSA) is 46.3 Å². The Balaban J connectivity index is 2.02. The van der Waals surface area contributed by atoms with Crippen LogP contribution in [-0.2, 0) is 0 Å². The van der Waals surface area contributed by atoms with Crippen molar-refractivity contribution >= 4 is 57.0 Å². The van der Waals surface area contributed by atoms with Crippen LogP contribution in [0.1, 0.15) is 30.1 Å². The zero-order valence-electron chi connectivity index (χ0n) is 10.1. The number of rotatable bonds is 2. The number of amides is 1. The lowest BCUT2D eigenvalue weighted by atomic mass is 9.80. The monoisotopic (exact) mass is 394 g/mol. The number of likely N-dealkylation sites (tertiary alicyclic amines) is 1. The third-order valence-corrected chi connectivity index (χ3v) is 5.85. The molecule has 2 N–H and O–H groups in total. The summed E-state index contributed by atoms with van der Waals surface area (Å²) in [5.74, 6) is 0.124. The first-order valence-corrected chi connectivity index (χ1v) is 8.12. The second kappa shape index (κ2) is 5.42. The molecular formula is C12H15IN2OS2.